The highest BCUT2D eigenvalue weighted by Crippen LogP contribution is 2.22. The van der Waals surface area contributed by atoms with Crippen LogP contribution in [0.25, 0.3) is 0 Å². The van der Waals surface area contributed by atoms with Gasteiger partial charge in [-0.2, -0.15) is 0 Å². The first kappa shape index (κ1) is 16.6. The number of nitrogens with one attached hydrogen (secondary N) is 2. The normalized spacial score (nSPS) is 10.2. The van der Waals surface area contributed by atoms with Gasteiger partial charge in [0.15, 0.2) is 0 Å². The van der Waals surface area contributed by atoms with Gasteiger partial charge in [-0.1, -0.05) is 18.2 Å². The van der Waals surface area contributed by atoms with E-state index in [4.69, 9.17) is 5.73 Å². The Morgan fingerprint density at radius 2 is 1.70 bits per heavy atom. The summed E-state index contributed by atoms with van der Waals surface area (Å²) < 4.78 is 13.2. The molecule has 0 aliphatic heterocycles. The number of amides is 2. The van der Waals surface area contributed by atoms with E-state index < -0.39 is 11.7 Å². The average Bonchev–Trinajstić information content (AvgIpc) is 2.54. The fourth-order valence-electron chi connectivity index (χ4n) is 2.00. The Kier molecular flexibility index (Phi) is 5.82. The van der Waals surface area contributed by atoms with Crippen LogP contribution in [0, 0.1) is 5.82 Å². The number of nitrogens with two attached hydrogens (primary N) is 1. The summed E-state index contributed by atoms with van der Waals surface area (Å²) in [5.41, 5.74) is 6.51. The molecule has 120 valence electrons. The molecule has 0 bridgehead atoms. The first-order valence-electron chi connectivity index (χ1n) is 7.26. The van der Waals surface area contributed by atoms with Crippen molar-refractivity contribution in [3.8, 4) is 0 Å². The number of carbonyl (C=O) groups is 2. The Bertz CT molecular complexity index is 704. The highest BCUT2D eigenvalue weighted by molar-refractivity contribution is 6.07. The van der Waals surface area contributed by atoms with Gasteiger partial charge in [0.25, 0.3) is 5.91 Å². The monoisotopic (exact) mass is 315 g/mol. The van der Waals surface area contributed by atoms with E-state index >= 15 is 0 Å². The third kappa shape index (κ3) is 4.89. The molecule has 2 rings (SSSR count). The molecule has 2 aromatic rings. The molecule has 5 nitrogen and oxygen atoms in total. The van der Waals surface area contributed by atoms with Gasteiger partial charge in [0.1, 0.15) is 5.82 Å². The highest BCUT2D eigenvalue weighted by Gasteiger charge is 2.11. The Morgan fingerprint density at radius 1 is 1.00 bits per heavy atom. The van der Waals surface area contributed by atoms with Crippen LogP contribution in [-0.2, 0) is 4.79 Å². The van der Waals surface area contributed by atoms with E-state index in [2.05, 4.69) is 10.6 Å². The van der Waals surface area contributed by atoms with E-state index in [-0.39, 0.29) is 11.5 Å². The van der Waals surface area contributed by atoms with E-state index in [1.54, 1.807) is 24.3 Å². The van der Waals surface area contributed by atoms with Crippen molar-refractivity contribution >= 4 is 23.2 Å². The smallest absolute Gasteiger partial charge is 0.255 e. The first-order valence-corrected chi connectivity index (χ1v) is 7.26. The molecule has 0 heterocycles. The van der Waals surface area contributed by atoms with Crippen molar-refractivity contribution in [1.29, 1.82) is 0 Å². The standard InChI is InChI=1S/C17H18FN3O2/c18-13-6-3-5-12(11-13)17(23)21-15-8-2-1-7-14(15)20-16(22)9-4-10-19/h1-3,5-8,11H,4,9-10,19H2,(H,20,22)(H,21,23). The van der Waals surface area contributed by atoms with E-state index in [9.17, 15) is 14.0 Å². The van der Waals surface area contributed by atoms with Crippen LogP contribution in [0.3, 0.4) is 0 Å². The molecule has 4 N–H and O–H groups in total. The molecule has 0 spiro atoms. The summed E-state index contributed by atoms with van der Waals surface area (Å²) in [7, 11) is 0. The SMILES string of the molecule is NCCCC(=O)Nc1ccccc1NC(=O)c1cccc(F)c1. The minimum Gasteiger partial charge on any atom is -0.330 e. The fourth-order valence-corrected chi connectivity index (χ4v) is 2.00. The van der Waals surface area contributed by atoms with Crippen LogP contribution in [0.2, 0.25) is 0 Å². The van der Waals surface area contributed by atoms with Gasteiger partial charge in [0.2, 0.25) is 5.91 Å². The maximum Gasteiger partial charge on any atom is 0.255 e. The Morgan fingerprint density at radius 3 is 2.35 bits per heavy atom. The van der Waals surface area contributed by atoms with Gasteiger partial charge in [-0.15, -0.1) is 0 Å². The van der Waals surface area contributed by atoms with Gasteiger partial charge in [-0.05, 0) is 43.3 Å². The summed E-state index contributed by atoms with van der Waals surface area (Å²) in [6.45, 7) is 0.436. The van der Waals surface area contributed by atoms with Gasteiger partial charge in [0, 0.05) is 12.0 Å². The lowest BCUT2D eigenvalue weighted by Gasteiger charge is -2.12. The second-order valence-corrected chi connectivity index (χ2v) is 4.95. The Labute approximate surface area is 133 Å². The Balaban J connectivity index is 2.11. The van der Waals surface area contributed by atoms with Crippen LogP contribution in [0.5, 0.6) is 0 Å². The van der Waals surface area contributed by atoms with Crippen LogP contribution in [0.4, 0.5) is 15.8 Å². The number of hydrogen-bond acceptors (Lipinski definition) is 3. The molecular formula is C17H18FN3O2. The summed E-state index contributed by atoms with van der Waals surface area (Å²) in [6, 6.07) is 12.2. The zero-order chi connectivity index (χ0) is 16.7. The third-order valence-electron chi connectivity index (χ3n) is 3.14. The maximum atomic E-state index is 13.2. The molecule has 0 radical (unpaired) electrons. The zero-order valence-electron chi connectivity index (χ0n) is 12.5. The summed E-state index contributed by atoms with van der Waals surface area (Å²) in [5.74, 6) is -1.11. The van der Waals surface area contributed by atoms with Crippen molar-refractivity contribution in [1.82, 2.24) is 0 Å². The maximum absolute atomic E-state index is 13.2. The molecule has 0 unspecified atom stereocenters. The molecule has 0 atom stereocenters. The van der Waals surface area contributed by atoms with Crippen molar-refractivity contribution in [2.75, 3.05) is 17.2 Å². The summed E-state index contributed by atoms with van der Waals surface area (Å²) in [5, 5.41) is 5.40. The second kappa shape index (κ2) is 8.05. The molecule has 2 aromatic carbocycles. The first-order chi connectivity index (χ1) is 11.1. The largest absolute Gasteiger partial charge is 0.330 e. The summed E-state index contributed by atoms with van der Waals surface area (Å²) in [4.78, 5) is 24.0. The van der Waals surface area contributed by atoms with Crippen molar-refractivity contribution in [2.45, 2.75) is 12.8 Å². The Hall–Kier alpha value is -2.73. The van der Waals surface area contributed by atoms with Crippen LogP contribution in [0.1, 0.15) is 23.2 Å². The summed E-state index contributed by atoms with van der Waals surface area (Å²) >= 11 is 0. The predicted molar refractivity (Wildman–Crippen MR) is 87.7 cm³/mol. The average molecular weight is 315 g/mol. The van der Waals surface area contributed by atoms with Crippen LogP contribution < -0.4 is 16.4 Å². The van der Waals surface area contributed by atoms with Crippen molar-refractivity contribution in [3.05, 3.63) is 59.9 Å². The highest BCUT2D eigenvalue weighted by atomic mass is 19.1. The number of para-hydroxylation sites is 2. The summed E-state index contributed by atoms with van der Waals surface area (Å²) in [6.07, 6.45) is 0.895. The van der Waals surface area contributed by atoms with E-state index in [0.29, 0.717) is 30.8 Å². The van der Waals surface area contributed by atoms with Crippen molar-refractivity contribution < 1.29 is 14.0 Å². The number of benzene rings is 2. The van der Waals surface area contributed by atoms with Gasteiger partial charge < -0.3 is 16.4 Å². The molecular weight excluding hydrogens is 297 g/mol. The van der Waals surface area contributed by atoms with Crippen LogP contribution in [-0.4, -0.2) is 18.4 Å². The van der Waals surface area contributed by atoms with Crippen LogP contribution >= 0.6 is 0 Å². The van der Waals surface area contributed by atoms with Crippen LogP contribution in [0.15, 0.2) is 48.5 Å². The number of halogens is 1. The fraction of sp³-hybridized carbons (Fsp3) is 0.176. The molecule has 0 saturated heterocycles. The second-order valence-electron chi connectivity index (χ2n) is 4.95. The minimum atomic E-state index is -0.485. The molecule has 0 aliphatic rings. The van der Waals surface area contributed by atoms with E-state index in [0.717, 1.165) is 6.07 Å². The lowest BCUT2D eigenvalue weighted by Crippen LogP contribution is -2.17. The predicted octanol–water partition coefficient (Wildman–Crippen LogP) is 2.76. The number of hydrogen-bond donors (Lipinski definition) is 3. The molecule has 0 saturated carbocycles. The number of carbonyl (C=O) groups excluding carboxylic acids is 2. The van der Waals surface area contributed by atoms with Gasteiger partial charge in [-0.3, -0.25) is 9.59 Å². The van der Waals surface area contributed by atoms with Gasteiger partial charge >= 0.3 is 0 Å². The van der Waals surface area contributed by atoms with E-state index in [1.807, 2.05) is 0 Å². The number of anilines is 2. The molecule has 2 amide bonds. The minimum absolute atomic E-state index is 0.178. The quantitative estimate of drug-likeness (QED) is 0.766. The molecule has 0 aliphatic carbocycles. The zero-order valence-corrected chi connectivity index (χ0v) is 12.5. The number of rotatable bonds is 6. The third-order valence-corrected chi connectivity index (χ3v) is 3.14. The molecule has 23 heavy (non-hydrogen) atoms. The lowest BCUT2D eigenvalue weighted by molar-refractivity contribution is -0.116. The topological polar surface area (TPSA) is 84.2 Å². The van der Waals surface area contributed by atoms with Crippen molar-refractivity contribution in [2.24, 2.45) is 5.73 Å². The molecule has 0 aromatic heterocycles. The lowest BCUT2D eigenvalue weighted by atomic mass is 10.2. The van der Waals surface area contributed by atoms with E-state index in [1.165, 1.54) is 18.2 Å². The molecule has 6 heteroatoms. The van der Waals surface area contributed by atoms with Gasteiger partial charge in [-0.25, -0.2) is 4.39 Å². The molecule has 0 fully saturated rings. The van der Waals surface area contributed by atoms with Crippen molar-refractivity contribution in [3.63, 3.8) is 0 Å². The van der Waals surface area contributed by atoms with Gasteiger partial charge in [0.05, 0.1) is 11.4 Å².